The van der Waals surface area contributed by atoms with E-state index >= 15 is 0 Å². The molecule has 1 aromatic carbocycles. The summed E-state index contributed by atoms with van der Waals surface area (Å²) in [4.78, 5) is 26.5. The highest BCUT2D eigenvalue weighted by atomic mass is 16.6. The third kappa shape index (κ3) is 4.44. The third-order valence-corrected chi connectivity index (χ3v) is 4.23. The lowest BCUT2D eigenvalue weighted by Gasteiger charge is -2.28. The van der Waals surface area contributed by atoms with Gasteiger partial charge in [0, 0.05) is 12.5 Å². The number of ether oxygens (including phenoxy) is 1. The molecule has 2 rings (SSSR count). The van der Waals surface area contributed by atoms with Gasteiger partial charge in [0.05, 0.1) is 6.04 Å². The van der Waals surface area contributed by atoms with Gasteiger partial charge in [-0.15, -0.1) is 6.58 Å². The molecule has 0 spiro atoms. The average molecular weight is 315 g/mol. The van der Waals surface area contributed by atoms with Crippen LogP contribution in [0.1, 0.15) is 44.6 Å². The molecular formula is C19H25NO3. The van der Waals surface area contributed by atoms with E-state index in [4.69, 9.17) is 4.74 Å². The topological polar surface area (TPSA) is 46.6 Å². The second-order valence-corrected chi connectivity index (χ2v) is 5.94. The first kappa shape index (κ1) is 17.3. The van der Waals surface area contributed by atoms with Crippen LogP contribution in [-0.4, -0.2) is 28.9 Å². The molecule has 1 aliphatic heterocycles. The van der Waals surface area contributed by atoms with Crippen molar-refractivity contribution >= 4 is 11.9 Å². The summed E-state index contributed by atoms with van der Waals surface area (Å²) in [6.45, 7) is 5.96. The van der Waals surface area contributed by atoms with Crippen molar-refractivity contribution in [2.45, 2.75) is 57.7 Å². The normalized spacial score (nSPS) is 20.3. The van der Waals surface area contributed by atoms with Crippen molar-refractivity contribution in [1.29, 1.82) is 0 Å². The van der Waals surface area contributed by atoms with E-state index < -0.39 is 6.09 Å². The van der Waals surface area contributed by atoms with Gasteiger partial charge in [-0.1, -0.05) is 43.3 Å². The Morgan fingerprint density at radius 1 is 1.30 bits per heavy atom. The molecule has 1 fully saturated rings. The molecule has 0 N–H and O–H groups in total. The van der Waals surface area contributed by atoms with E-state index in [1.807, 2.05) is 37.3 Å². The molecule has 1 heterocycles. The van der Waals surface area contributed by atoms with Crippen molar-refractivity contribution in [2.24, 2.45) is 0 Å². The Morgan fingerprint density at radius 3 is 2.70 bits per heavy atom. The molecule has 0 bridgehead atoms. The monoisotopic (exact) mass is 315 g/mol. The summed E-state index contributed by atoms with van der Waals surface area (Å²) in [5, 5.41) is 0. The molecule has 0 radical (unpaired) electrons. The van der Waals surface area contributed by atoms with Crippen LogP contribution in [0.4, 0.5) is 4.79 Å². The minimum atomic E-state index is -0.396. The van der Waals surface area contributed by atoms with Gasteiger partial charge in [-0.05, 0) is 31.2 Å². The van der Waals surface area contributed by atoms with Gasteiger partial charge in [0.2, 0.25) is 0 Å². The van der Waals surface area contributed by atoms with E-state index in [1.165, 1.54) is 0 Å². The first-order valence-corrected chi connectivity index (χ1v) is 8.30. The standard InChI is InChI=1S/C19H25NO3/c1-3-8-16-12-13-17(18(21)9-4-2)20(16)19(22)23-14-15-10-6-5-7-11-15/h3,5-7,10-11,16-17H,1,4,8-9,12-14H2,2H3/t16-,17-/m0/s1. The summed E-state index contributed by atoms with van der Waals surface area (Å²) in [6, 6.07) is 9.24. The van der Waals surface area contributed by atoms with Crippen molar-refractivity contribution in [1.82, 2.24) is 4.90 Å². The molecule has 2 atom stereocenters. The summed E-state index contributed by atoms with van der Waals surface area (Å²) >= 11 is 0. The Hall–Kier alpha value is -2.10. The molecule has 0 saturated carbocycles. The second kappa shape index (κ2) is 8.51. The maximum atomic E-state index is 12.5. The maximum Gasteiger partial charge on any atom is 0.410 e. The van der Waals surface area contributed by atoms with Gasteiger partial charge in [0.25, 0.3) is 0 Å². The number of benzene rings is 1. The average Bonchev–Trinajstić information content (AvgIpc) is 2.98. The Morgan fingerprint density at radius 2 is 2.04 bits per heavy atom. The molecule has 1 aromatic rings. The van der Waals surface area contributed by atoms with Crippen LogP contribution in [0.25, 0.3) is 0 Å². The number of ketones is 1. The Labute approximate surface area is 138 Å². The molecule has 0 unspecified atom stereocenters. The SMILES string of the molecule is C=CC[C@H]1CC[C@@H](C(=O)CCC)N1C(=O)OCc1ccccc1. The van der Waals surface area contributed by atoms with Gasteiger partial charge < -0.3 is 4.74 Å². The van der Waals surface area contributed by atoms with E-state index in [0.29, 0.717) is 12.8 Å². The summed E-state index contributed by atoms with van der Waals surface area (Å²) < 4.78 is 5.45. The molecule has 0 aliphatic carbocycles. The number of hydrogen-bond acceptors (Lipinski definition) is 3. The fourth-order valence-corrected chi connectivity index (χ4v) is 3.11. The van der Waals surface area contributed by atoms with E-state index in [2.05, 4.69) is 6.58 Å². The Bertz CT molecular complexity index is 541. The number of nitrogens with zero attached hydrogens (tertiary/aromatic N) is 1. The second-order valence-electron chi connectivity index (χ2n) is 5.94. The smallest absolute Gasteiger partial charge is 0.410 e. The Kier molecular flexibility index (Phi) is 6.39. The summed E-state index contributed by atoms with van der Waals surface area (Å²) in [5.41, 5.74) is 0.941. The van der Waals surface area contributed by atoms with Crippen LogP contribution in [0.2, 0.25) is 0 Å². The number of Topliss-reactive ketones (excluding diaryl/α,β-unsaturated/α-hetero) is 1. The van der Waals surface area contributed by atoms with Gasteiger partial charge in [0.1, 0.15) is 6.61 Å². The Balaban J connectivity index is 2.04. The number of rotatable bonds is 7. The van der Waals surface area contributed by atoms with E-state index in [0.717, 1.165) is 24.8 Å². The van der Waals surface area contributed by atoms with Gasteiger partial charge in [-0.2, -0.15) is 0 Å². The van der Waals surface area contributed by atoms with Crippen LogP contribution < -0.4 is 0 Å². The quantitative estimate of drug-likeness (QED) is 0.712. The highest BCUT2D eigenvalue weighted by Crippen LogP contribution is 2.29. The number of hydrogen-bond donors (Lipinski definition) is 0. The van der Waals surface area contributed by atoms with Crippen molar-refractivity contribution in [2.75, 3.05) is 0 Å². The van der Waals surface area contributed by atoms with Gasteiger partial charge in [0.15, 0.2) is 5.78 Å². The molecular weight excluding hydrogens is 290 g/mol. The molecule has 1 aliphatic rings. The fourth-order valence-electron chi connectivity index (χ4n) is 3.11. The molecule has 23 heavy (non-hydrogen) atoms. The highest BCUT2D eigenvalue weighted by molar-refractivity contribution is 5.88. The molecule has 4 heteroatoms. The molecule has 1 amide bonds. The largest absolute Gasteiger partial charge is 0.445 e. The minimum Gasteiger partial charge on any atom is -0.445 e. The van der Waals surface area contributed by atoms with Crippen molar-refractivity contribution in [3.63, 3.8) is 0 Å². The van der Waals surface area contributed by atoms with Crippen LogP contribution in [0, 0.1) is 0 Å². The van der Waals surface area contributed by atoms with Gasteiger partial charge in [-0.3, -0.25) is 9.69 Å². The lowest BCUT2D eigenvalue weighted by molar-refractivity contribution is -0.123. The number of carbonyl (C=O) groups is 2. The minimum absolute atomic E-state index is 0.0154. The van der Waals surface area contributed by atoms with E-state index in [9.17, 15) is 9.59 Å². The highest BCUT2D eigenvalue weighted by Gasteiger charge is 2.40. The zero-order chi connectivity index (χ0) is 16.7. The van der Waals surface area contributed by atoms with E-state index in [1.54, 1.807) is 11.0 Å². The molecule has 4 nitrogen and oxygen atoms in total. The summed E-state index contributed by atoms with van der Waals surface area (Å²) in [5.74, 6) is 0.135. The van der Waals surface area contributed by atoms with Gasteiger partial charge in [-0.25, -0.2) is 4.79 Å². The zero-order valence-electron chi connectivity index (χ0n) is 13.7. The van der Waals surface area contributed by atoms with Crippen LogP contribution in [0.3, 0.4) is 0 Å². The third-order valence-electron chi connectivity index (χ3n) is 4.23. The summed E-state index contributed by atoms with van der Waals surface area (Å²) in [6.07, 6.45) is 4.95. The molecule has 1 saturated heterocycles. The molecule has 0 aromatic heterocycles. The summed E-state index contributed by atoms with van der Waals surface area (Å²) in [7, 11) is 0. The van der Waals surface area contributed by atoms with Crippen LogP contribution in [0.15, 0.2) is 43.0 Å². The van der Waals surface area contributed by atoms with Crippen LogP contribution in [0.5, 0.6) is 0 Å². The first-order chi connectivity index (χ1) is 11.2. The first-order valence-electron chi connectivity index (χ1n) is 8.30. The van der Waals surface area contributed by atoms with Crippen LogP contribution >= 0.6 is 0 Å². The fraction of sp³-hybridized carbons (Fsp3) is 0.474. The number of carbonyl (C=O) groups excluding carboxylic acids is 2. The van der Waals surface area contributed by atoms with E-state index in [-0.39, 0.29) is 24.5 Å². The zero-order valence-corrected chi connectivity index (χ0v) is 13.7. The number of amides is 1. The van der Waals surface area contributed by atoms with Crippen molar-refractivity contribution in [3.8, 4) is 0 Å². The predicted octanol–water partition coefficient (Wildman–Crippen LogP) is 4.10. The maximum absolute atomic E-state index is 12.5. The number of likely N-dealkylation sites (tertiary alicyclic amines) is 1. The lowest BCUT2D eigenvalue weighted by atomic mass is 10.1. The van der Waals surface area contributed by atoms with Gasteiger partial charge >= 0.3 is 6.09 Å². The molecule has 124 valence electrons. The predicted molar refractivity (Wildman–Crippen MR) is 90.0 cm³/mol. The lowest BCUT2D eigenvalue weighted by Crippen LogP contribution is -2.45. The van der Waals surface area contributed by atoms with Crippen LogP contribution in [-0.2, 0) is 16.1 Å². The van der Waals surface area contributed by atoms with Crippen molar-refractivity contribution < 1.29 is 14.3 Å². The van der Waals surface area contributed by atoms with Crippen molar-refractivity contribution in [3.05, 3.63) is 48.6 Å².